The molecule has 0 heterocycles. The monoisotopic (exact) mass is 221 g/mol. The number of hydrogen-bond donors (Lipinski definition) is 1. The first-order valence-electron chi connectivity index (χ1n) is 5.24. The molecule has 0 atom stereocenters. The van der Waals surface area contributed by atoms with E-state index >= 15 is 0 Å². The quantitative estimate of drug-likeness (QED) is 0.639. The van der Waals surface area contributed by atoms with Crippen molar-refractivity contribution < 1.29 is 0 Å². The van der Waals surface area contributed by atoms with Gasteiger partial charge in [0.15, 0.2) is 5.71 Å². The van der Waals surface area contributed by atoms with E-state index in [1.54, 1.807) is 0 Å². The summed E-state index contributed by atoms with van der Waals surface area (Å²) in [6.45, 7) is 0. The molecule has 2 rings (SSSR count). The molecule has 0 saturated carbocycles. The molecule has 2 aromatic carbocycles. The zero-order valence-corrected chi connectivity index (χ0v) is 9.17. The molecule has 2 aromatic rings. The van der Waals surface area contributed by atoms with E-state index in [1.165, 1.54) is 0 Å². The average Bonchev–Trinajstić information content (AvgIpc) is 2.42. The molecule has 3 heteroatoms. The van der Waals surface area contributed by atoms with Gasteiger partial charge >= 0.3 is 0 Å². The highest BCUT2D eigenvalue weighted by Gasteiger charge is 2.00. The van der Waals surface area contributed by atoms with Gasteiger partial charge in [0, 0.05) is 5.56 Å². The Morgan fingerprint density at radius 3 is 2.12 bits per heavy atom. The fourth-order valence-corrected chi connectivity index (χ4v) is 1.38. The zero-order chi connectivity index (χ0) is 11.9. The van der Waals surface area contributed by atoms with Gasteiger partial charge in [-0.3, -0.25) is 5.43 Å². The SMILES string of the molecule is N#CC(=NNc1ccccc1)c1ccccc1. The molecule has 0 bridgehead atoms. The molecule has 0 fully saturated rings. The maximum absolute atomic E-state index is 9.04. The van der Waals surface area contributed by atoms with Crippen molar-refractivity contribution in [3.8, 4) is 6.07 Å². The maximum Gasteiger partial charge on any atom is 0.167 e. The van der Waals surface area contributed by atoms with Gasteiger partial charge in [0.25, 0.3) is 0 Å². The summed E-state index contributed by atoms with van der Waals surface area (Å²) in [5, 5.41) is 13.1. The minimum atomic E-state index is 0.370. The van der Waals surface area contributed by atoms with E-state index in [9.17, 15) is 0 Å². The molecule has 0 saturated heterocycles. The lowest BCUT2D eigenvalue weighted by Crippen LogP contribution is -2.01. The molecule has 17 heavy (non-hydrogen) atoms. The van der Waals surface area contributed by atoms with Crippen LogP contribution in [-0.4, -0.2) is 5.71 Å². The molecule has 1 N–H and O–H groups in total. The van der Waals surface area contributed by atoms with E-state index in [-0.39, 0.29) is 0 Å². The first-order valence-corrected chi connectivity index (χ1v) is 5.24. The second kappa shape index (κ2) is 5.47. The number of anilines is 1. The maximum atomic E-state index is 9.04. The number of nitriles is 1. The van der Waals surface area contributed by atoms with Crippen LogP contribution in [-0.2, 0) is 0 Å². The third-order valence-electron chi connectivity index (χ3n) is 2.22. The summed E-state index contributed by atoms with van der Waals surface area (Å²) in [4.78, 5) is 0. The van der Waals surface area contributed by atoms with Crippen molar-refractivity contribution >= 4 is 11.4 Å². The van der Waals surface area contributed by atoms with Gasteiger partial charge in [-0.1, -0.05) is 48.5 Å². The lowest BCUT2D eigenvalue weighted by molar-refractivity contribution is 1.33. The predicted octanol–water partition coefficient (Wildman–Crippen LogP) is 3.03. The normalized spacial score (nSPS) is 10.6. The molecule has 3 nitrogen and oxygen atoms in total. The topological polar surface area (TPSA) is 48.2 Å². The summed E-state index contributed by atoms with van der Waals surface area (Å²) in [6, 6.07) is 21.0. The number of nitrogens with zero attached hydrogens (tertiary/aromatic N) is 2. The van der Waals surface area contributed by atoms with E-state index in [0.29, 0.717) is 5.71 Å². The van der Waals surface area contributed by atoms with Crippen LogP contribution in [0, 0.1) is 11.3 Å². The second-order valence-corrected chi connectivity index (χ2v) is 3.42. The molecule has 0 amide bonds. The van der Waals surface area contributed by atoms with Crippen LogP contribution in [0.15, 0.2) is 65.8 Å². The number of hydrazone groups is 1. The highest BCUT2D eigenvalue weighted by Crippen LogP contribution is 2.06. The average molecular weight is 221 g/mol. The van der Waals surface area contributed by atoms with Gasteiger partial charge < -0.3 is 0 Å². The van der Waals surface area contributed by atoms with Crippen LogP contribution in [0.1, 0.15) is 5.56 Å². The van der Waals surface area contributed by atoms with Crippen molar-refractivity contribution in [1.82, 2.24) is 0 Å². The number of benzene rings is 2. The van der Waals surface area contributed by atoms with Gasteiger partial charge in [0.1, 0.15) is 6.07 Å². The van der Waals surface area contributed by atoms with E-state index in [2.05, 4.69) is 16.6 Å². The number of nitrogens with one attached hydrogen (secondary N) is 1. The molecule has 82 valence electrons. The van der Waals surface area contributed by atoms with Crippen LogP contribution in [0.3, 0.4) is 0 Å². The minimum absolute atomic E-state index is 0.370. The molecular formula is C14H11N3. The lowest BCUT2D eigenvalue weighted by atomic mass is 10.1. The Bertz CT molecular complexity index is 539. The summed E-state index contributed by atoms with van der Waals surface area (Å²) in [5.74, 6) is 0. The smallest absolute Gasteiger partial charge is 0.167 e. The fraction of sp³-hybridized carbons (Fsp3) is 0. The van der Waals surface area contributed by atoms with Gasteiger partial charge in [-0.25, -0.2) is 0 Å². The Hall–Kier alpha value is -2.60. The van der Waals surface area contributed by atoms with Crippen LogP contribution in [0.4, 0.5) is 5.69 Å². The predicted molar refractivity (Wildman–Crippen MR) is 68.7 cm³/mol. The molecule has 0 aliphatic carbocycles. The first-order chi connectivity index (χ1) is 8.40. The number of rotatable bonds is 3. The van der Waals surface area contributed by atoms with E-state index in [0.717, 1.165) is 11.3 Å². The van der Waals surface area contributed by atoms with Crippen molar-refractivity contribution in [2.75, 3.05) is 5.43 Å². The second-order valence-electron chi connectivity index (χ2n) is 3.42. The number of hydrogen-bond acceptors (Lipinski definition) is 3. The lowest BCUT2D eigenvalue weighted by Gasteiger charge is -2.01. The largest absolute Gasteiger partial charge is 0.277 e. The van der Waals surface area contributed by atoms with Gasteiger partial charge in [-0.15, -0.1) is 0 Å². The fourth-order valence-electron chi connectivity index (χ4n) is 1.38. The summed E-state index contributed by atoms with van der Waals surface area (Å²) in [5.41, 5.74) is 4.89. The molecule has 0 aliphatic rings. The summed E-state index contributed by atoms with van der Waals surface area (Å²) in [6.07, 6.45) is 0. The highest BCUT2D eigenvalue weighted by atomic mass is 15.3. The summed E-state index contributed by atoms with van der Waals surface area (Å²) >= 11 is 0. The molecular weight excluding hydrogens is 210 g/mol. The van der Waals surface area contributed by atoms with Gasteiger partial charge in [-0.05, 0) is 12.1 Å². The van der Waals surface area contributed by atoms with Gasteiger partial charge in [0.05, 0.1) is 5.69 Å². The van der Waals surface area contributed by atoms with Crippen molar-refractivity contribution in [3.63, 3.8) is 0 Å². The van der Waals surface area contributed by atoms with Crippen LogP contribution >= 0.6 is 0 Å². The Labute approximate surface area is 100 Å². The molecule has 0 spiro atoms. The Kier molecular flexibility index (Phi) is 3.51. The standard InChI is InChI=1S/C14H11N3/c15-11-14(12-7-3-1-4-8-12)17-16-13-9-5-2-6-10-13/h1-10,16H. The van der Waals surface area contributed by atoms with E-state index in [4.69, 9.17) is 5.26 Å². The molecule has 0 radical (unpaired) electrons. The highest BCUT2D eigenvalue weighted by molar-refractivity contribution is 6.11. The van der Waals surface area contributed by atoms with Gasteiger partial charge in [-0.2, -0.15) is 10.4 Å². The van der Waals surface area contributed by atoms with Crippen LogP contribution < -0.4 is 5.43 Å². The first kappa shape index (κ1) is 10.9. The van der Waals surface area contributed by atoms with Crippen molar-refractivity contribution in [2.24, 2.45) is 5.10 Å². The van der Waals surface area contributed by atoms with Crippen molar-refractivity contribution in [3.05, 3.63) is 66.2 Å². The number of para-hydroxylation sites is 1. The molecule has 0 unspecified atom stereocenters. The summed E-state index contributed by atoms with van der Waals surface area (Å²) in [7, 11) is 0. The van der Waals surface area contributed by atoms with Crippen molar-refractivity contribution in [1.29, 1.82) is 5.26 Å². The van der Waals surface area contributed by atoms with Crippen molar-refractivity contribution in [2.45, 2.75) is 0 Å². The van der Waals surface area contributed by atoms with E-state index in [1.807, 2.05) is 60.7 Å². The molecule has 0 aliphatic heterocycles. The Morgan fingerprint density at radius 1 is 0.941 bits per heavy atom. The minimum Gasteiger partial charge on any atom is -0.277 e. The van der Waals surface area contributed by atoms with Crippen LogP contribution in [0.25, 0.3) is 0 Å². The zero-order valence-electron chi connectivity index (χ0n) is 9.17. The van der Waals surface area contributed by atoms with E-state index < -0.39 is 0 Å². The Morgan fingerprint density at radius 2 is 1.53 bits per heavy atom. The molecule has 0 aromatic heterocycles. The van der Waals surface area contributed by atoms with Gasteiger partial charge in [0.2, 0.25) is 0 Å². The van der Waals surface area contributed by atoms with Crippen LogP contribution in [0.5, 0.6) is 0 Å². The Balaban J connectivity index is 2.18. The summed E-state index contributed by atoms with van der Waals surface area (Å²) < 4.78 is 0. The third-order valence-corrected chi connectivity index (χ3v) is 2.22. The van der Waals surface area contributed by atoms with Crippen LogP contribution in [0.2, 0.25) is 0 Å². The third kappa shape index (κ3) is 2.93.